The summed E-state index contributed by atoms with van der Waals surface area (Å²) < 4.78 is 12.7. The summed E-state index contributed by atoms with van der Waals surface area (Å²) in [6.07, 6.45) is 6.70. The highest BCUT2D eigenvalue weighted by Crippen LogP contribution is 2.19. The maximum absolute atomic E-state index is 12.7. The fourth-order valence-electron chi connectivity index (χ4n) is 0.821. The van der Waals surface area contributed by atoms with Crippen LogP contribution in [0.5, 0.6) is 0 Å². The van der Waals surface area contributed by atoms with E-state index in [1.54, 1.807) is 0 Å². The lowest BCUT2D eigenvalue weighted by Crippen LogP contribution is -2.15. The van der Waals surface area contributed by atoms with Gasteiger partial charge in [0.1, 0.15) is 5.82 Å². The van der Waals surface area contributed by atoms with Crippen molar-refractivity contribution in [3.63, 3.8) is 0 Å². The van der Waals surface area contributed by atoms with Crippen molar-refractivity contribution in [3.8, 4) is 12.3 Å². The molecule has 1 aromatic rings. The Balaban J connectivity index is 3.14. The molecule has 0 aromatic carbocycles. The minimum absolute atomic E-state index is 0.302. The van der Waals surface area contributed by atoms with Gasteiger partial charge in [0.15, 0.2) is 0 Å². The smallest absolute Gasteiger partial charge is 0.126 e. The SMILES string of the molecule is C#CC(C)(C)c1cc(F)ccn1. The molecule has 0 radical (unpaired) electrons. The number of aromatic nitrogens is 1. The molecule has 12 heavy (non-hydrogen) atoms. The van der Waals surface area contributed by atoms with Gasteiger partial charge in [-0.05, 0) is 26.0 Å². The largest absolute Gasteiger partial charge is 0.259 e. The van der Waals surface area contributed by atoms with Crippen LogP contribution in [-0.2, 0) is 5.41 Å². The third kappa shape index (κ3) is 1.62. The summed E-state index contributed by atoms with van der Waals surface area (Å²) >= 11 is 0. The first-order chi connectivity index (χ1) is 5.56. The molecular weight excluding hydrogens is 153 g/mol. The van der Waals surface area contributed by atoms with Gasteiger partial charge in [0.25, 0.3) is 0 Å². The zero-order valence-electron chi connectivity index (χ0n) is 7.13. The van der Waals surface area contributed by atoms with E-state index in [-0.39, 0.29) is 5.82 Å². The van der Waals surface area contributed by atoms with E-state index in [4.69, 9.17) is 6.42 Å². The minimum Gasteiger partial charge on any atom is -0.259 e. The Morgan fingerprint density at radius 1 is 1.58 bits per heavy atom. The molecule has 0 aliphatic rings. The topological polar surface area (TPSA) is 12.9 Å². The maximum Gasteiger partial charge on any atom is 0.126 e. The number of terminal acetylenes is 1. The molecule has 0 N–H and O–H groups in total. The van der Waals surface area contributed by atoms with Gasteiger partial charge in [0.05, 0.1) is 11.1 Å². The molecule has 62 valence electrons. The second-order valence-electron chi connectivity index (χ2n) is 3.13. The van der Waals surface area contributed by atoms with Gasteiger partial charge < -0.3 is 0 Å². The quantitative estimate of drug-likeness (QED) is 0.578. The van der Waals surface area contributed by atoms with Crippen molar-refractivity contribution < 1.29 is 4.39 Å². The molecule has 0 atom stereocenters. The fourth-order valence-corrected chi connectivity index (χ4v) is 0.821. The Bertz CT molecular complexity index is 323. The van der Waals surface area contributed by atoms with Crippen molar-refractivity contribution in [1.29, 1.82) is 0 Å². The number of pyridine rings is 1. The van der Waals surface area contributed by atoms with Crippen LogP contribution in [0, 0.1) is 18.2 Å². The molecule has 0 aliphatic carbocycles. The molecule has 0 amide bonds. The molecule has 0 spiro atoms. The summed E-state index contributed by atoms with van der Waals surface area (Å²) in [7, 11) is 0. The van der Waals surface area contributed by atoms with E-state index in [0.717, 1.165) is 0 Å². The summed E-state index contributed by atoms with van der Waals surface area (Å²) in [6.45, 7) is 3.66. The van der Waals surface area contributed by atoms with Gasteiger partial charge in [-0.25, -0.2) is 4.39 Å². The Morgan fingerprint density at radius 3 is 2.75 bits per heavy atom. The van der Waals surface area contributed by atoms with Crippen molar-refractivity contribution in [3.05, 3.63) is 29.8 Å². The predicted octanol–water partition coefficient (Wildman–Crippen LogP) is 2.13. The maximum atomic E-state index is 12.7. The number of halogens is 1. The van der Waals surface area contributed by atoms with Crippen LogP contribution in [0.15, 0.2) is 18.3 Å². The molecule has 0 saturated heterocycles. The molecule has 1 aromatic heterocycles. The molecule has 1 nitrogen and oxygen atoms in total. The third-order valence-corrected chi connectivity index (χ3v) is 1.72. The van der Waals surface area contributed by atoms with Gasteiger partial charge in [0.2, 0.25) is 0 Å². The highest BCUT2D eigenvalue weighted by Gasteiger charge is 2.18. The van der Waals surface area contributed by atoms with Gasteiger partial charge in [-0.1, -0.05) is 5.92 Å². The van der Waals surface area contributed by atoms with Gasteiger partial charge in [0, 0.05) is 6.20 Å². The molecule has 0 aliphatic heterocycles. The van der Waals surface area contributed by atoms with E-state index >= 15 is 0 Å². The first-order valence-corrected chi connectivity index (χ1v) is 3.66. The Labute approximate surface area is 71.6 Å². The zero-order valence-corrected chi connectivity index (χ0v) is 7.13. The average Bonchev–Trinajstić information content (AvgIpc) is 2.05. The van der Waals surface area contributed by atoms with Crippen LogP contribution in [0.3, 0.4) is 0 Å². The lowest BCUT2D eigenvalue weighted by atomic mass is 9.90. The lowest BCUT2D eigenvalue weighted by Gasteiger charge is -2.15. The monoisotopic (exact) mass is 163 g/mol. The van der Waals surface area contributed by atoms with Crippen LogP contribution in [-0.4, -0.2) is 4.98 Å². The van der Waals surface area contributed by atoms with Crippen LogP contribution < -0.4 is 0 Å². The zero-order chi connectivity index (χ0) is 9.19. The van der Waals surface area contributed by atoms with Gasteiger partial charge >= 0.3 is 0 Å². The lowest BCUT2D eigenvalue weighted by molar-refractivity contribution is 0.603. The first-order valence-electron chi connectivity index (χ1n) is 3.66. The van der Waals surface area contributed by atoms with Gasteiger partial charge in [-0.2, -0.15) is 0 Å². The fraction of sp³-hybridized carbons (Fsp3) is 0.300. The van der Waals surface area contributed by atoms with E-state index < -0.39 is 5.41 Å². The standard InChI is InChI=1S/C10H10FN/c1-4-10(2,3)9-7-8(11)5-6-12-9/h1,5-7H,2-3H3. The van der Waals surface area contributed by atoms with Crippen molar-refractivity contribution in [2.75, 3.05) is 0 Å². The van der Waals surface area contributed by atoms with E-state index in [0.29, 0.717) is 5.69 Å². The first kappa shape index (κ1) is 8.73. The number of hydrogen-bond acceptors (Lipinski definition) is 1. The Hall–Kier alpha value is -1.36. The van der Waals surface area contributed by atoms with Crippen molar-refractivity contribution >= 4 is 0 Å². The molecule has 1 rings (SSSR count). The summed E-state index contributed by atoms with van der Waals surface area (Å²) in [5, 5.41) is 0. The molecule has 0 unspecified atom stereocenters. The second kappa shape index (κ2) is 2.94. The summed E-state index contributed by atoms with van der Waals surface area (Å²) in [5.74, 6) is 2.25. The normalized spacial score (nSPS) is 10.8. The van der Waals surface area contributed by atoms with Crippen molar-refractivity contribution in [2.24, 2.45) is 0 Å². The highest BCUT2D eigenvalue weighted by atomic mass is 19.1. The molecule has 0 fully saturated rings. The van der Waals surface area contributed by atoms with E-state index in [9.17, 15) is 4.39 Å². The van der Waals surface area contributed by atoms with Crippen LogP contribution in [0.2, 0.25) is 0 Å². The molecule has 2 heteroatoms. The molecule has 0 bridgehead atoms. The Kier molecular flexibility index (Phi) is 2.14. The van der Waals surface area contributed by atoms with Gasteiger partial charge in [-0.15, -0.1) is 6.42 Å². The van der Waals surface area contributed by atoms with Gasteiger partial charge in [-0.3, -0.25) is 4.98 Å². The molecule has 1 heterocycles. The van der Waals surface area contributed by atoms with E-state index in [2.05, 4.69) is 10.9 Å². The average molecular weight is 163 g/mol. The third-order valence-electron chi connectivity index (χ3n) is 1.72. The highest BCUT2D eigenvalue weighted by molar-refractivity contribution is 5.25. The van der Waals surface area contributed by atoms with Crippen molar-refractivity contribution in [2.45, 2.75) is 19.3 Å². The van der Waals surface area contributed by atoms with Crippen LogP contribution in [0.25, 0.3) is 0 Å². The number of hydrogen-bond donors (Lipinski definition) is 0. The van der Waals surface area contributed by atoms with E-state index in [1.807, 2.05) is 13.8 Å². The second-order valence-corrected chi connectivity index (χ2v) is 3.13. The summed E-state index contributed by atoms with van der Waals surface area (Å²) in [4.78, 5) is 4.00. The molecular formula is C10H10FN. The van der Waals surface area contributed by atoms with Crippen LogP contribution in [0.1, 0.15) is 19.5 Å². The number of nitrogens with zero attached hydrogens (tertiary/aromatic N) is 1. The molecule has 0 saturated carbocycles. The summed E-state index contributed by atoms with van der Waals surface area (Å²) in [6, 6.07) is 2.66. The van der Waals surface area contributed by atoms with E-state index in [1.165, 1.54) is 18.3 Å². The van der Waals surface area contributed by atoms with Crippen LogP contribution >= 0.6 is 0 Å². The number of rotatable bonds is 1. The van der Waals surface area contributed by atoms with Crippen molar-refractivity contribution in [1.82, 2.24) is 4.98 Å². The summed E-state index contributed by atoms with van der Waals surface area (Å²) in [5.41, 5.74) is 0.0900. The Morgan fingerprint density at radius 2 is 2.25 bits per heavy atom. The predicted molar refractivity (Wildman–Crippen MR) is 46.1 cm³/mol. The van der Waals surface area contributed by atoms with Crippen LogP contribution in [0.4, 0.5) is 4.39 Å². The minimum atomic E-state index is -0.498.